The van der Waals surface area contributed by atoms with Crippen LogP contribution in [0.3, 0.4) is 0 Å². The molecule has 0 bridgehead atoms. The van der Waals surface area contributed by atoms with Gasteiger partial charge in [-0.1, -0.05) is 11.6 Å². The maximum atomic E-state index is 5.54. The van der Waals surface area contributed by atoms with E-state index < -0.39 is 0 Å². The second kappa shape index (κ2) is 7.60. The first kappa shape index (κ1) is 13.4. The molecule has 1 unspecified atom stereocenters. The molecule has 90 valence electrons. The van der Waals surface area contributed by atoms with E-state index in [9.17, 15) is 0 Å². The van der Waals surface area contributed by atoms with Crippen LogP contribution in [0.2, 0.25) is 0 Å². The van der Waals surface area contributed by atoms with Gasteiger partial charge in [-0.15, -0.1) is 17.9 Å². The molecular formula is C13H22N2S. The first-order valence-corrected chi connectivity index (χ1v) is 6.73. The van der Waals surface area contributed by atoms with Gasteiger partial charge in [-0.3, -0.25) is 11.3 Å². The Labute approximate surface area is 103 Å². The highest BCUT2D eigenvalue weighted by Gasteiger charge is 2.06. The smallest absolute Gasteiger partial charge is 0.0213 e. The van der Waals surface area contributed by atoms with Crippen molar-refractivity contribution in [3.8, 4) is 0 Å². The summed E-state index contributed by atoms with van der Waals surface area (Å²) in [5, 5.41) is 2.13. The molecule has 0 aliphatic carbocycles. The van der Waals surface area contributed by atoms with Crippen molar-refractivity contribution in [2.45, 2.75) is 45.1 Å². The Morgan fingerprint density at radius 2 is 2.38 bits per heavy atom. The van der Waals surface area contributed by atoms with Gasteiger partial charge >= 0.3 is 0 Å². The normalized spacial score (nSPS) is 12.6. The first-order valence-electron chi connectivity index (χ1n) is 5.85. The third kappa shape index (κ3) is 5.45. The van der Waals surface area contributed by atoms with Gasteiger partial charge < -0.3 is 0 Å². The van der Waals surface area contributed by atoms with Crippen molar-refractivity contribution < 1.29 is 0 Å². The number of hydrazine groups is 1. The van der Waals surface area contributed by atoms with E-state index in [1.54, 1.807) is 0 Å². The number of nitrogens with one attached hydrogen (secondary N) is 1. The summed E-state index contributed by atoms with van der Waals surface area (Å²) in [6.45, 7) is 5.98. The fourth-order valence-corrected chi connectivity index (χ4v) is 2.46. The maximum Gasteiger partial charge on any atom is 0.0213 e. The standard InChI is InChI=1S/C13H22N2S/c1-11(2)8-9-12(15-14)5-3-6-13-7-4-10-16-13/h4,7,10,12,15H,1,3,5-6,8-9,14H2,2H3. The van der Waals surface area contributed by atoms with Gasteiger partial charge in [-0.05, 0) is 50.5 Å². The molecule has 16 heavy (non-hydrogen) atoms. The van der Waals surface area contributed by atoms with Crippen molar-refractivity contribution in [3.05, 3.63) is 34.5 Å². The van der Waals surface area contributed by atoms with Gasteiger partial charge in [0.2, 0.25) is 0 Å². The summed E-state index contributed by atoms with van der Waals surface area (Å²) in [4.78, 5) is 1.47. The molecule has 3 heteroatoms. The third-order valence-electron chi connectivity index (χ3n) is 2.71. The minimum Gasteiger partial charge on any atom is -0.271 e. The Balaban J connectivity index is 2.16. The molecule has 0 fully saturated rings. The van der Waals surface area contributed by atoms with E-state index in [0.29, 0.717) is 6.04 Å². The minimum atomic E-state index is 0.427. The van der Waals surface area contributed by atoms with Crippen molar-refractivity contribution in [2.75, 3.05) is 0 Å². The molecule has 1 aromatic rings. The van der Waals surface area contributed by atoms with Crippen LogP contribution in [0.15, 0.2) is 29.7 Å². The summed E-state index contributed by atoms with van der Waals surface area (Å²) < 4.78 is 0. The van der Waals surface area contributed by atoms with Crippen LogP contribution in [-0.4, -0.2) is 6.04 Å². The average Bonchev–Trinajstić information content (AvgIpc) is 2.75. The molecule has 1 rings (SSSR count). The lowest BCUT2D eigenvalue weighted by Gasteiger charge is -2.15. The monoisotopic (exact) mass is 238 g/mol. The van der Waals surface area contributed by atoms with Crippen molar-refractivity contribution in [1.29, 1.82) is 0 Å². The molecule has 1 heterocycles. The van der Waals surface area contributed by atoms with Crippen LogP contribution in [0.25, 0.3) is 0 Å². The van der Waals surface area contributed by atoms with Crippen molar-refractivity contribution >= 4 is 11.3 Å². The molecule has 3 N–H and O–H groups in total. The van der Waals surface area contributed by atoms with Crippen LogP contribution in [0, 0.1) is 0 Å². The average molecular weight is 238 g/mol. The second-order valence-corrected chi connectivity index (χ2v) is 5.36. The highest BCUT2D eigenvalue weighted by atomic mass is 32.1. The Kier molecular flexibility index (Phi) is 6.38. The SMILES string of the molecule is C=C(C)CCC(CCCc1cccs1)NN. The molecule has 0 saturated heterocycles. The molecule has 1 aromatic heterocycles. The van der Waals surface area contributed by atoms with Gasteiger partial charge in [0.1, 0.15) is 0 Å². The van der Waals surface area contributed by atoms with Crippen LogP contribution >= 0.6 is 11.3 Å². The van der Waals surface area contributed by atoms with E-state index in [2.05, 4.69) is 36.4 Å². The predicted octanol–water partition coefficient (Wildman–Crippen LogP) is 3.26. The molecule has 0 saturated carbocycles. The number of hydrogen-bond acceptors (Lipinski definition) is 3. The van der Waals surface area contributed by atoms with Gasteiger partial charge in [0, 0.05) is 10.9 Å². The number of thiophene rings is 1. The van der Waals surface area contributed by atoms with Gasteiger partial charge in [0.15, 0.2) is 0 Å². The zero-order chi connectivity index (χ0) is 11.8. The van der Waals surface area contributed by atoms with E-state index >= 15 is 0 Å². The second-order valence-electron chi connectivity index (χ2n) is 4.33. The van der Waals surface area contributed by atoms with E-state index in [0.717, 1.165) is 19.3 Å². The minimum absolute atomic E-state index is 0.427. The molecule has 0 radical (unpaired) electrons. The fraction of sp³-hybridized carbons (Fsp3) is 0.538. The summed E-state index contributed by atoms with van der Waals surface area (Å²) >= 11 is 1.83. The lowest BCUT2D eigenvalue weighted by Crippen LogP contribution is -2.35. The summed E-state index contributed by atoms with van der Waals surface area (Å²) in [5.74, 6) is 5.54. The van der Waals surface area contributed by atoms with Gasteiger partial charge in [0.25, 0.3) is 0 Å². The summed E-state index contributed by atoms with van der Waals surface area (Å²) in [6, 6.07) is 4.74. The Hall–Kier alpha value is -0.640. The van der Waals surface area contributed by atoms with Crippen molar-refractivity contribution in [1.82, 2.24) is 5.43 Å². The number of allylic oxidation sites excluding steroid dienone is 1. The third-order valence-corrected chi connectivity index (χ3v) is 3.65. The molecule has 2 nitrogen and oxygen atoms in total. The quantitative estimate of drug-likeness (QED) is 0.414. The Bertz CT molecular complexity index is 293. The first-order chi connectivity index (χ1) is 7.72. The molecule has 0 aliphatic heterocycles. The number of hydrogen-bond donors (Lipinski definition) is 2. The maximum absolute atomic E-state index is 5.54. The number of rotatable bonds is 8. The predicted molar refractivity (Wildman–Crippen MR) is 72.4 cm³/mol. The largest absolute Gasteiger partial charge is 0.271 e. The lowest BCUT2D eigenvalue weighted by atomic mass is 10.0. The van der Waals surface area contributed by atoms with E-state index in [1.807, 2.05) is 11.3 Å². The molecule has 1 atom stereocenters. The van der Waals surface area contributed by atoms with E-state index in [1.165, 1.54) is 23.3 Å². The van der Waals surface area contributed by atoms with Crippen LogP contribution in [0.5, 0.6) is 0 Å². The number of nitrogens with two attached hydrogens (primary N) is 1. The molecule has 0 aromatic carbocycles. The van der Waals surface area contributed by atoms with Crippen LogP contribution in [0.4, 0.5) is 0 Å². The van der Waals surface area contributed by atoms with Crippen LogP contribution in [-0.2, 0) is 6.42 Å². The number of aryl methyl sites for hydroxylation is 1. The van der Waals surface area contributed by atoms with Crippen LogP contribution < -0.4 is 11.3 Å². The zero-order valence-corrected chi connectivity index (χ0v) is 10.9. The van der Waals surface area contributed by atoms with Gasteiger partial charge in [0.05, 0.1) is 0 Å². The van der Waals surface area contributed by atoms with Crippen LogP contribution in [0.1, 0.15) is 37.5 Å². The van der Waals surface area contributed by atoms with Gasteiger partial charge in [-0.25, -0.2) is 0 Å². The van der Waals surface area contributed by atoms with E-state index in [-0.39, 0.29) is 0 Å². The Morgan fingerprint density at radius 3 is 2.94 bits per heavy atom. The summed E-state index contributed by atoms with van der Waals surface area (Å²) in [6.07, 6.45) is 5.67. The zero-order valence-electron chi connectivity index (χ0n) is 10.0. The van der Waals surface area contributed by atoms with Gasteiger partial charge in [-0.2, -0.15) is 0 Å². The molecule has 0 aliphatic rings. The summed E-state index contributed by atoms with van der Waals surface area (Å²) in [5.41, 5.74) is 4.13. The van der Waals surface area contributed by atoms with E-state index in [4.69, 9.17) is 5.84 Å². The van der Waals surface area contributed by atoms with Crippen molar-refractivity contribution in [3.63, 3.8) is 0 Å². The molecule has 0 spiro atoms. The highest BCUT2D eigenvalue weighted by Crippen LogP contribution is 2.14. The Morgan fingerprint density at radius 1 is 1.56 bits per heavy atom. The lowest BCUT2D eigenvalue weighted by molar-refractivity contribution is 0.451. The molecular weight excluding hydrogens is 216 g/mol. The molecule has 0 amide bonds. The fourth-order valence-electron chi connectivity index (χ4n) is 1.71. The van der Waals surface area contributed by atoms with Crippen molar-refractivity contribution in [2.24, 2.45) is 5.84 Å². The summed E-state index contributed by atoms with van der Waals surface area (Å²) in [7, 11) is 0. The topological polar surface area (TPSA) is 38.0 Å². The highest BCUT2D eigenvalue weighted by molar-refractivity contribution is 7.09.